The van der Waals surface area contributed by atoms with Crippen molar-refractivity contribution in [3.63, 3.8) is 0 Å². The molecule has 0 aromatic carbocycles. The molecule has 0 saturated carbocycles. The second-order valence-electron chi connectivity index (χ2n) is 0.408. The largest absolute Gasteiger partial charge is 0.153 e. The van der Waals surface area contributed by atoms with Gasteiger partial charge in [-0.2, -0.15) is 9.90 Å². The molecule has 0 N–H and O–H groups in total. The molecule has 0 aliphatic heterocycles. The Morgan fingerprint density at radius 3 is 1.33 bits per heavy atom. The van der Waals surface area contributed by atoms with Crippen LogP contribution in [0.3, 0.4) is 0 Å². The zero-order valence-electron chi connectivity index (χ0n) is 4.41. The highest BCUT2D eigenvalue weighted by molar-refractivity contribution is 6.92. The summed E-state index contributed by atoms with van der Waals surface area (Å²) in [5.74, 6) is 0. The van der Waals surface area contributed by atoms with Crippen LogP contribution in [0.5, 0.6) is 0 Å². The van der Waals surface area contributed by atoms with E-state index in [4.69, 9.17) is 0 Å². The standard InChI is InChI=1S/C3H6.C2H4.H3P/c1-3-2;1-2;/h3H,1H2,2H3;1-2H2;1H3. The highest BCUT2D eigenvalue weighted by Gasteiger charge is 1.15. The normalized spacial score (nSPS) is 2.83. The zero-order valence-corrected chi connectivity index (χ0v) is 5.82. The third kappa shape index (κ3) is 4090. The van der Waals surface area contributed by atoms with Gasteiger partial charge in [-0.3, -0.25) is 0 Å². The van der Waals surface area contributed by atoms with Crippen LogP contribution in [0.2, 0.25) is 0 Å². The van der Waals surface area contributed by atoms with Crippen LogP contribution in [-0.4, -0.2) is 0 Å². The highest BCUT2D eigenvalue weighted by Crippen LogP contribution is 1.38. The predicted molar refractivity (Wildman–Crippen MR) is 38.2 cm³/mol. The second-order valence-corrected chi connectivity index (χ2v) is 0.408. The summed E-state index contributed by atoms with van der Waals surface area (Å²) in [6, 6.07) is 0. The Morgan fingerprint density at radius 2 is 1.33 bits per heavy atom. The molecule has 0 aromatic heterocycles. The lowest BCUT2D eigenvalue weighted by atomic mass is 10.8. The van der Waals surface area contributed by atoms with E-state index in [2.05, 4.69) is 19.7 Å². The lowest BCUT2D eigenvalue weighted by molar-refractivity contribution is 1.80. The minimum absolute atomic E-state index is 0. The SMILES string of the molecule is C=C.C=CC.P. The van der Waals surface area contributed by atoms with Crippen molar-refractivity contribution in [1.29, 1.82) is 0 Å². The first-order chi connectivity index (χ1) is 2.41. The van der Waals surface area contributed by atoms with E-state index >= 15 is 0 Å². The monoisotopic (exact) mass is 104 g/mol. The molecule has 0 bridgehead atoms. The van der Waals surface area contributed by atoms with Gasteiger partial charge in [0.1, 0.15) is 0 Å². The summed E-state index contributed by atoms with van der Waals surface area (Å²) >= 11 is 0. The molecule has 1 unspecified atom stereocenters. The van der Waals surface area contributed by atoms with E-state index in [0.717, 1.165) is 0 Å². The van der Waals surface area contributed by atoms with Gasteiger partial charge in [-0.25, -0.2) is 0 Å². The minimum atomic E-state index is 0. The molecule has 1 atom stereocenters. The third-order valence-electron chi connectivity index (χ3n) is 0. The number of hydrogen-bond donors (Lipinski definition) is 0. The first-order valence-corrected chi connectivity index (χ1v) is 1.49. The first-order valence-electron chi connectivity index (χ1n) is 1.49. The van der Waals surface area contributed by atoms with Gasteiger partial charge < -0.3 is 0 Å². The Balaban J connectivity index is -0.0000000275. The fraction of sp³-hybridized carbons (Fsp3) is 0.200. The van der Waals surface area contributed by atoms with Crippen LogP contribution in [-0.2, 0) is 0 Å². The van der Waals surface area contributed by atoms with Crippen LogP contribution in [0.4, 0.5) is 0 Å². The smallest absolute Gasteiger partial charge is 0.0473 e. The number of rotatable bonds is 0. The van der Waals surface area contributed by atoms with Crippen LogP contribution in [0.25, 0.3) is 0 Å². The molecule has 0 fully saturated rings. The van der Waals surface area contributed by atoms with Crippen molar-refractivity contribution in [3.8, 4) is 0 Å². The Hall–Kier alpha value is -0.0900. The molecule has 0 saturated heterocycles. The Bertz CT molecular complexity index is 17.9. The van der Waals surface area contributed by atoms with E-state index in [-0.39, 0.29) is 9.90 Å². The van der Waals surface area contributed by atoms with Crippen molar-refractivity contribution in [2.75, 3.05) is 0 Å². The van der Waals surface area contributed by atoms with Crippen LogP contribution in [0.15, 0.2) is 25.8 Å². The summed E-state index contributed by atoms with van der Waals surface area (Å²) in [6.45, 7) is 11.2. The Kier molecular flexibility index (Phi) is 254. The summed E-state index contributed by atoms with van der Waals surface area (Å²) in [5, 5.41) is 0. The zero-order chi connectivity index (χ0) is 4.71. The fourth-order valence-electron chi connectivity index (χ4n) is 0. The van der Waals surface area contributed by atoms with Crippen molar-refractivity contribution in [2.45, 2.75) is 6.92 Å². The molecule has 6 heavy (non-hydrogen) atoms. The molecule has 0 spiro atoms. The van der Waals surface area contributed by atoms with Gasteiger partial charge in [-0.15, -0.1) is 19.7 Å². The van der Waals surface area contributed by atoms with E-state index in [1.807, 2.05) is 6.92 Å². The van der Waals surface area contributed by atoms with Crippen molar-refractivity contribution >= 4 is 9.90 Å². The Labute approximate surface area is 43.6 Å². The average Bonchev–Trinajstić information content (AvgIpc) is 1.46. The highest BCUT2D eigenvalue weighted by atomic mass is 31.0. The molecule has 0 rings (SSSR count). The molecule has 38 valence electrons. The van der Waals surface area contributed by atoms with Gasteiger partial charge in [0.15, 0.2) is 0 Å². The van der Waals surface area contributed by atoms with E-state index in [0.29, 0.717) is 0 Å². The molecule has 0 aromatic rings. The van der Waals surface area contributed by atoms with Gasteiger partial charge in [-0.05, 0) is 6.92 Å². The molecule has 0 heterocycles. The van der Waals surface area contributed by atoms with E-state index in [1.165, 1.54) is 0 Å². The summed E-state index contributed by atoms with van der Waals surface area (Å²) in [7, 11) is 0. The molecule has 0 radical (unpaired) electrons. The van der Waals surface area contributed by atoms with E-state index in [1.54, 1.807) is 6.08 Å². The molecular formula is C5H13P. The van der Waals surface area contributed by atoms with E-state index < -0.39 is 0 Å². The molecule has 0 aliphatic rings. The molecule has 0 amide bonds. The lowest BCUT2D eigenvalue weighted by Gasteiger charge is -1.31. The topological polar surface area (TPSA) is 0 Å². The van der Waals surface area contributed by atoms with Crippen LogP contribution >= 0.6 is 9.90 Å². The third-order valence-corrected chi connectivity index (χ3v) is 0. The van der Waals surface area contributed by atoms with Crippen molar-refractivity contribution in [2.24, 2.45) is 0 Å². The van der Waals surface area contributed by atoms with Gasteiger partial charge in [0.05, 0.1) is 0 Å². The predicted octanol–water partition coefficient (Wildman–Crippen LogP) is 2.05. The fourth-order valence-corrected chi connectivity index (χ4v) is 0. The second kappa shape index (κ2) is 90.6. The lowest BCUT2D eigenvalue weighted by Crippen LogP contribution is -1.07. The van der Waals surface area contributed by atoms with Gasteiger partial charge >= 0.3 is 0 Å². The van der Waals surface area contributed by atoms with Gasteiger partial charge in [0, 0.05) is 0 Å². The van der Waals surface area contributed by atoms with Crippen molar-refractivity contribution in [1.82, 2.24) is 0 Å². The van der Waals surface area contributed by atoms with Crippen molar-refractivity contribution < 1.29 is 0 Å². The summed E-state index contributed by atoms with van der Waals surface area (Å²) in [6.07, 6.45) is 1.75. The summed E-state index contributed by atoms with van der Waals surface area (Å²) in [4.78, 5) is 0. The molecule has 0 aliphatic carbocycles. The van der Waals surface area contributed by atoms with Crippen molar-refractivity contribution in [3.05, 3.63) is 25.8 Å². The molecular weight excluding hydrogens is 91.0 g/mol. The van der Waals surface area contributed by atoms with Crippen LogP contribution in [0, 0.1) is 0 Å². The Morgan fingerprint density at radius 1 is 1.33 bits per heavy atom. The molecule has 0 nitrogen and oxygen atoms in total. The maximum Gasteiger partial charge on any atom is -0.0473 e. The summed E-state index contributed by atoms with van der Waals surface area (Å²) < 4.78 is 0. The maximum atomic E-state index is 3.36. The first kappa shape index (κ1) is 16.8. The summed E-state index contributed by atoms with van der Waals surface area (Å²) in [5.41, 5.74) is 0. The average molecular weight is 104 g/mol. The van der Waals surface area contributed by atoms with Gasteiger partial charge in [-0.1, -0.05) is 6.08 Å². The van der Waals surface area contributed by atoms with Crippen LogP contribution < -0.4 is 0 Å². The maximum absolute atomic E-state index is 3.36. The minimum Gasteiger partial charge on any atom is -0.153 e. The molecule has 1 heteroatoms. The van der Waals surface area contributed by atoms with Crippen LogP contribution in [0.1, 0.15) is 6.92 Å². The quantitative estimate of drug-likeness (QED) is 0.326. The van der Waals surface area contributed by atoms with E-state index in [9.17, 15) is 0 Å². The van der Waals surface area contributed by atoms with Gasteiger partial charge in [0.25, 0.3) is 0 Å². The van der Waals surface area contributed by atoms with Gasteiger partial charge in [0.2, 0.25) is 0 Å². The number of allylic oxidation sites excluding steroid dienone is 1. The number of hydrogen-bond acceptors (Lipinski definition) is 0.